The van der Waals surface area contributed by atoms with E-state index in [2.05, 4.69) is 20.6 Å². The third-order valence-electron chi connectivity index (χ3n) is 5.99. The van der Waals surface area contributed by atoms with Crippen LogP contribution in [0.4, 0.5) is 21.6 Å². The Labute approximate surface area is 179 Å². The molecular weight excluding hydrogens is 395 g/mol. The fourth-order valence-corrected chi connectivity index (χ4v) is 4.07. The summed E-state index contributed by atoms with van der Waals surface area (Å²) in [5.41, 5.74) is 4.76. The standard InChI is InChI=1S/C24H23FN4O2/c1-13-7-8-18-20(23(13)30)22(27-15-5-3-2-4-6-15)21(28-18)14-9-10-26-19(11-14)29-24(31)16-12-17(16)25/h2-6,9-11,13,16-17,27-28H,7-8,12H2,1H3,(H,26,29,31). The van der Waals surface area contributed by atoms with E-state index in [1.165, 1.54) is 0 Å². The number of aryl methyl sites for hydroxylation is 1. The van der Waals surface area contributed by atoms with Crippen LogP contribution in [-0.4, -0.2) is 27.8 Å². The number of amides is 1. The van der Waals surface area contributed by atoms with Gasteiger partial charge in [0.1, 0.15) is 12.0 Å². The zero-order valence-corrected chi connectivity index (χ0v) is 17.1. The number of H-pyrrole nitrogens is 1. The van der Waals surface area contributed by atoms with Crippen molar-refractivity contribution in [3.8, 4) is 11.3 Å². The number of pyridine rings is 1. The minimum absolute atomic E-state index is 0.0352. The van der Waals surface area contributed by atoms with Crippen LogP contribution >= 0.6 is 0 Å². The number of halogens is 1. The Morgan fingerprint density at radius 1 is 1.23 bits per heavy atom. The van der Waals surface area contributed by atoms with Gasteiger partial charge in [0.15, 0.2) is 5.78 Å². The molecule has 2 aliphatic rings. The van der Waals surface area contributed by atoms with Gasteiger partial charge in [0, 0.05) is 29.1 Å². The fourth-order valence-electron chi connectivity index (χ4n) is 4.07. The van der Waals surface area contributed by atoms with Crippen LogP contribution in [0.25, 0.3) is 11.3 Å². The molecule has 2 aliphatic carbocycles. The molecule has 3 atom stereocenters. The molecule has 2 aromatic heterocycles. The van der Waals surface area contributed by atoms with Gasteiger partial charge in [-0.2, -0.15) is 0 Å². The number of nitrogens with zero attached hydrogens (tertiary/aromatic N) is 1. The number of fused-ring (bicyclic) bond motifs is 1. The molecule has 1 aromatic carbocycles. The van der Waals surface area contributed by atoms with Gasteiger partial charge in [0.05, 0.1) is 22.9 Å². The second-order valence-electron chi connectivity index (χ2n) is 8.30. The van der Waals surface area contributed by atoms with Crippen LogP contribution in [0, 0.1) is 11.8 Å². The minimum Gasteiger partial charge on any atom is -0.356 e. The molecule has 1 saturated carbocycles. The van der Waals surface area contributed by atoms with Crippen molar-refractivity contribution in [3.63, 3.8) is 0 Å². The summed E-state index contributed by atoms with van der Waals surface area (Å²) < 4.78 is 13.2. The maximum absolute atomic E-state index is 13.2. The zero-order chi connectivity index (χ0) is 21.5. The highest BCUT2D eigenvalue weighted by Crippen LogP contribution is 2.40. The molecule has 0 saturated heterocycles. The van der Waals surface area contributed by atoms with Gasteiger partial charge in [-0.15, -0.1) is 0 Å². The van der Waals surface area contributed by atoms with Crippen LogP contribution in [0.1, 0.15) is 35.8 Å². The van der Waals surface area contributed by atoms with Crippen LogP contribution in [0.15, 0.2) is 48.7 Å². The van der Waals surface area contributed by atoms with E-state index in [-0.39, 0.29) is 24.0 Å². The predicted octanol–water partition coefficient (Wildman–Crippen LogP) is 4.88. The van der Waals surface area contributed by atoms with Crippen LogP contribution in [0.3, 0.4) is 0 Å². The summed E-state index contributed by atoms with van der Waals surface area (Å²) in [4.78, 5) is 32.8. The van der Waals surface area contributed by atoms with Gasteiger partial charge in [0.25, 0.3) is 0 Å². The molecule has 31 heavy (non-hydrogen) atoms. The largest absolute Gasteiger partial charge is 0.356 e. The van der Waals surface area contributed by atoms with E-state index in [9.17, 15) is 14.0 Å². The molecule has 1 amide bonds. The van der Waals surface area contributed by atoms with Crippen LogP contribution in [0.5, 0.6) is 0 Å². The molecule has 3 aromatic rings. The maximum atomic E-state index is 13.2. The molecular formula is C24H23FN4O2. The zero-order valence-electron chi connectivity index (χ0n) is 17.1. The Hall–Kier alpha value is -3.48. The van der Waals surface area contributed by atoms with Crippen molar-refractivity contribution in [2.24, 2.45) is 11.8 Å². The van der Waals surface area contributed by atoms with Gasteiger partial charge in [-0.05, 0) is 43.5 Å². The SMILES string of the molecule is CC1CCc2[nH]c(-c3ccnc(NC(=O)C4CC4F)c3)c(Nc3ccccc3)c2C1=O. The Balaban J connectivity index is 1.54. The lowest BCUT2D eigenvalue weighted by atomic mass is 9.87. The number of alkyl halides is 1. The number of ketones is 1. The minimum atomic E-state index is -1.06. The lowest BCUT2D eigenvalue weighted by Gasteiger charge is -2.18. The van der Waals surface area contributed by atoms with Crippen molar-refractivity contribution in [2.75, 3.05) is 10.6 Å². The average molecular weight is 418 g/mol. The number of carbonyl (C=O) groups excluding carboxylic acids is 2. The number of rotatable bonds is 5. The molecule has 3 unspecified atom stereocenters. The Kier molecular flexibility index (Phi) is 4.81. The Morgan fingerprint density at radius 3 is 2.74 bits per heavy atom. The van der Waals surface area contributed by atoms with E-state index in [1.54, 1.807) is 12.3 Å². The molecule has 0 radical (unpaired) electrons. The van der Waals surface area contributed by atoms with Crippen molar-refractivity contribution in [2.45, 2.75) is 32.4 Å². The highest BCUT2D eigenvalue weighted by Gasteiger charge is 2.43. The van der Waals surface area contributed by atoms with Gasteiger partial charge in [-0.1, -0.05) is 25.1 Å². The quantitative estimate of drug-likeness (QED) is 0.551. The monoisotopic (exact) mass is 418 g/mol. The summed E-state index contributed by atoms with van der Waals surface area (Å²) in [6, 6.07) is 13.3. The first kappa shape index (κ1) is 19.5. The third kappa shape index (κ3) is 3.71. The van der Waals surface area contributed by atoms with Crippen LogP contribution in [0.2, 0.25) is 0 Å². The smallest absolute Gasteiger partial charge is 0.231 e. The van der Waals surface area contributed by atoms with Crippen LogP contribution in [-0.2, 0) is 11.2 Å². The van der Waals surface area contributed by atoms with Crippen molar-refractivity contribution in [3.05, 3.63) is 59.9 Å². The summed E-state index contributed by atoms with van der Waals surface area (Å²) in [6.45, 7) is 1.96. The van der Waals surface area contributed by atoms with Crippen molar-refractivity contribution in [1.82, 2.24) is 9.97 Å². The number of hydrogen-bond donors (Lipinski definition) is 3. The Morgan fingerprint density at radius 2 is 2.00 bits per heavy atom. The lowest BCUT2D eigenvalue weighted by molar-refractivity contribution is -0.117. The fraction of sp³-hybridized carbons (Fsp3) is 0.292. The Bertz CT molecular complexity index is 1160. The molecule has 3 N–H and O–H groups in total. The van der Waals surface area contributed by atoms with Crippen molar-refractivity contribution >= 4 is 28.9 Å². The normalized spacial score (nSPS) is 22.0. The molecule has 6 nitrogen and oxygen atoms in total. The lowest BCUT2D eigenvalue weighted by Crippen LogP contribution is -2.20. The van der Waals surface area contributed by atoms with E-state index >= 15 is 0 Å². The van der Waals surface area contributed by atoms with Crippen molar-refractivity contribution in [1.29, 1.82) is 0 Å². The third-order valence-corrected chi connectivity index (χ3v) is 5.99. The van der Waals surface area contributed by atoms with E-state index in [0.29, 0.717) is 11.4 Å². The summed E-state index contributed by atoms with van der Waals surface area (Å²) in [5.74, 6) is -0.494. The number of nitrogens with one attached hydrogen (secondary N) is 3. The van der Waals surface area contributed by atoms with Crippen LogP contribution < -0.4 is 10.6 Å². The second kappa shape index (κ2) is 7.65. The molecule has 158 valence electrons. The van der Waals surface area contributed by atoms with Gasteiger partial charge in [-0.25, -0.2) is 9.37 Å². The topological polar surface area (TPSA) is 86.9 Å². The number of carbonyl (C=O) groups is 2. The van der Waals surface area contributed by atoms with Gasteiger partial charge in [0.2, 0.25) is 5.91 Å². The first-order chi connectivity index (χ1) is 15.0. The molecule has 0 bridgehead atoms. The van der Waals surface area contributed by atoms with Crippen molar-refractivity contribution < 1.29 is 14.0 Å². The van der Waals surface area contributed by atoms with Gasteiger partial charge < -0.3 is 15.6 Å². The van der Waals surface area contributed by atoms with E-state index < -0.39 is 12.1 Å². The highest BCUT2D eigenvalue weighted by atomic mass is 19.1. The first-order valence-electron chi connectivity index (χ1n) is 10.5. The number of Topliss-reactive ketones (excluding diaryl/α,β-unsaturated/α-hetero) is 1. The molecule has 2 heterocycles. The number of aromatic nitrogens is 2. The number of benzene rings is 1. The molecule has 0 spiro atoms. The van der Waals surface area contributed by atoms with Gasteiger partial charge >= 0.3 is 0 Å². The number of hydrogen-bond acceptors (Lipinski definition) is 4. The second-order valence-corrected chi connectivity index (χ2v) is 8.30. The summed E-state index contributed by atoms with van der Waals surface area (Å²) in [5, 5.41) is 6.11. The molecule has 1 fully saturated rings. The van der Waals surface area contributed by atoms with E-state index in [4.69, 9.17) is 0 Å². The number of aromatic amines is 1. The molecule has 5 rings (SSSR count). The molecule has 0 aliphatic heterocycles. The van der Waals surface area contributed by atoms with Gasteiger partial charge in [-0.3, -0.25) is 9.59 Å². The maximum Gasteiger partial charge on any atom is 0.231 e. The summed E-state index contributed by atoms with van der Waals surface area (Å²) in [6.07, 6.45) is 2.40. The number of anilines is 3. The van der Waals surface area contributed by atoms with E-state index in [0.717, 1.165) is 41.2 Å². The first-order valence-corrected chi connectivity index (χ1v) is 10.5. The highest BCUT2D eigenvalue weighted by molar-refractivity contribution is 6.08. The summed E-state index contributed by atoms with van der Waals surface area (Å²) >= 11 is 0. The summed E-state index contributed by atoms with van der Waals surface area (Å²) in [7, 11) is 0. The molecule has 7 heteroatoms. The average Bonchev–Trinajstić information content (AvgIpc) is 3.40. The predicted molar refractivity (Wildman–Crippen MR) is 117 cm³/mol. The van der Waals surface area contributed by atoms with E-state index in [1.807, 2.05) is 43.3 Å². The number of para-hydroxylation sites is 1.